The van der Waals surface area contributed by atoms with E-state index in [9.17, 15) is 9.90 Å². The molecule has 0 aliphatic heterocycles. The van der Waals surface area contributed by atoms with Crippen LogP contribution in [0.4, 0.5) is 0 Å². The summed E-state index contributed by atoms with van der Waals surface area (Å²) in [5, 5.41) is 10.7. The maximum atomic E-state index is 13.0. The van der Waals surface area contributed by atoms with E-state index in [0.717, 1.165) is 12.0 Å². The Morgan fingerprint density at radius 3 is 1.70 bits per heavy atom. The van der Waals surface area contributed by atoms with Crippen molar-refractivity contribution in [1.29, 1.82) is 0 Å². The van der Waals surface area contributed by atoms with E-state index in [1.807, 2.05) is 18.2 Å². The summed E-state index contributed by atoms with van der Waals surface area (Å²) in [7, 11) is 0. The van der Waals surface area contributed by atoms with Gasteiger partial charge in [0.25, 0.3) is 0 Å². The molecule has 1 unspecified atom stereocenters. The van der Waals surface area contributed by atoms with Crippen LogP contribution in [-0.4, -0.2) is 11.1 Å². The Bertz CT molecular complexity index is 768. The van der Waals surface area contributed by atoms with Crippen molar-refractivity contribution in [2.24, 2.45) is 17.3 Å². The number of carboxylic acid groups (broad SMARTS) is 1. The van der Waals surface area contributed by atoms with E-state index in [-0.39, 0.29) is 5.41 Å². The fourth-order valence-electron chi connectivity index (χ4n) is 6.75. The van der Waals surface area contributed by atoms with E-state index in [0.29, 0.717) is 11.8 Å². The Hall–Kier alpha value is -2.09. The van der Waals surface area contributed by atoms with E-state index >= 15 is 0 Å². The number of aliphatic carboxylic acids is 1. The van der Waals surface area contributed by atoms with Crippen molar-refractivity contribution in [3.05, 3.63) is 71.8 Å². The zero-order chi connectivity index (χ0) is 20.8. The molecule has 0 heterocycles. The van der Waals surface area contributed by atoms with E-state index in [4.69, 9.17) is 0 Å². The molecular formula is C28H36O2. The van der Waals surface area contributed by atoms with E-state index in [2.05, 4.69) is 42.5 Å². The predicted molar refractivity (Wildman–Crippen MR) is 123 cm³/mol. The van der Waals surface area contributed by atoms with Crippen molar-refractivity contribution in [3.63, 3.8) is 0 Å². The predicted octanol–water partition coefficient (Wildman–Crippen LogP) is 7.24. The smallest absolute Gasteiger partial charge is 0.311 e. The third kappa shape index (κ3) is 4.33. The summed E-state index contributed by atoms with van der Waals surface area (Å²) in [5.74, 6) is -0.106. The van der Waals surface area contributed by atoms with Gasteiger partial charge in [0.05, 0.1) is 5.92 Å². The van der Waals surface area contributed by atoms with Crippen molar-refractivity contribution in [1.82, 2.24) is 0 Å². The average Bonchev–Trinajstić information content (AvgIpc) is 2.81. The molecule has 0 aromatic heterocycles. The molecule has 2 aromatic carbocycles. The van der Waals surface area contributed by atoms with E-state index in [1.165, 1.54) is 69.8 Å². The molecule has 1 atom stereocenters. The molecule has 0 amide bonds. The van der Waals surface area contributed by atoms with Crippen LogP contribution in [-0.2, 0) is 11.2 Å². The molecule has 2 saturated carbocycles. The quantitative estimate of drug-likeness (QED) is 0.528. The topological polar surface area (TPSA) is 37.3 Å². The van der Waals surface area contributed by atoms with Crippen molar-refractivity contribution >= 4 is 5.97 Å². The second-order valence-corrected chi connectivity index (χ2v) is 9.63. The van der Waals surface area contributed by atoms with Gasteiger partial charge in [-0.05, 0) is 60.5 Å². The summed E-state index contributed by atoms with van der Waals surface area (Å²) in [4.78, 5) is 13.0. The fraction of sp³-hybridized carbons (Fsp3) is 0.536. The third-order valence-corrected chi connectivity index (χ3v) is 8.00. The zero-order valence-corrected chi connectivity index (χ0v) is 18.1. The van der Waals surface area contributed by atoms with E-state index < -0.39 is 11.9 Å². The standard InChI is InChI=1S/C28H36O2/c29-27(30)26(23-15-7-2-8-16-23)28(24-17-9-3-10-18-24,25-19-11-4-12-20-25)21-22-13-5-1-6-14-22/h1-2,5-8,13-16,24-26H,3-4,9-12,17-21H2,(H,29,30). The van der Waals surface area contributed by atoms with Gasteiger partial charge in [0.15, 0.2) is 0 Å². The third-order valence-electron chi connectivity index (χ3n) is 8.00. The highest BCUT2D eigenvalue weighted by molar-refractivity contribution is 5.77. The minimum absolute atomic E-state index is 0.213. The summed E-state index contributed by atoms with van der Waals surface area (Å²) < 4.78 is 0. The Kier molecular flexibility index (Phi) is 6.92. The summed E-state index contributed by atoms with van der Waals surface area (Å²) in [6.45, 7) is 0. The van der Waals surface area contributed by atoms with Crippen LogP contribution in [0.1, 0.15) is 81.3 Å². The molecule has 2 aromatic rings. The molecule has 2 nitrogen and oxygen atoms in total. The lowest BCUT2D eigenvalue weighted by atomic mass is 9.50. The molecule has 160 valence electrons. The lowest BCUT2D eigenvalue weighted by Crippen LogP contribution is -2.49. The van der Waals surface area contributed by atoms with Gasteiger partial charge >= 0.3 is 5.97 Å². The van der Waals surface area contributed by atoms with Gasteiger partial charge in [-0.15, -0.1) is 0 Å². The Labute approximate surface area is 181 Å². The first kappa shape index (κ1) is 21.2. The fourth-order valence-corrected chi connectivity index (χ4v) is 6.75. The van der Waals surface area contributed by atoms with E-state index in [1.54, 1.807) is 0 Å². The zero-order valence-electron chi connectivity index (χ0n) is 18.1. The molecular weight excluding hydrogens is 368 g/mol. The van der Waals surface area contributed by atoms with Crippen LogP contribution in [0.25, 0.3) is 0 Å². The van der Waals surface area contributed by atoms with Crippen molar-refractivity contribution in [2.75, 3.05) is 0 Å². The average molecular weight is 405 g/mol. The minimum Gasteiger partial charge on any atom is -0.481 e. The first-order valence-corrected chi connectivity index (χ1v) is 12.0. The van der Waals surface area contributed by atoms with Crippen LogP contribution in [0.3, 0.4) is 0 Å². The molecule has 0 bridgehead atoms. The lowest BCUT2D eigenvalue weighted by molar-refractivity contribution is -0.147. The van der Waals surface area contributed by atoms with Crippen molar-refractivity contribution in [2.45, 2.75) is 76.5 Å². The van der Waals surface area contributed by atoms with Gasteiger partial charge in [-0.3, -0.25) is 4.79 Å². The van der Waals surface area contributed by atoms with Crippen molar-refractivity contribution < 1.29 is 9.90 Å². The Morgan fingerprint density at radius 1 is 0.767 bits per heavy atom. The molecule has 2 aliphatic carbocycles. The summed E-state index contributed by atoms with van der Waals surface area (Å²) in [6.07, 6.45) is 13.2. The number of rotatable bonds is 7. The molecule has 2 heteroatoms. The lowest BCUT2D eigenvalue weighted by Gasteiger charge is -2.53. The van der Waals surface area contributed by atoms with Crippen LogP contribution in [0.5, 0.6) is 0 Å². The molecule has 1 N–H and O–H groups in total. The van der Waals surface area contributed by atoms with Crippen LogP contribution in [0.15, 0.2) is 60.7 Å². The number of hydrogen-bond donors (Lipinski definition) is 1. The SMILES string of the molecule is O=C(O)C(c1ccccc1)C(Cc1ccccc1)(C1CCCCC1)C1CCCCC1. The first-order valence-electron chi connectivity index (χ1n) is 12.0. The van der Waals surface area contributed by atoms with Gasteiger partial charge in [0.1, 0.15) is 0 Å². The normalized spacial score (nSPS) is 20.0. The summed E-state index contributed by atoms with van der Waals surface area (Å²) >= 11 is 0. The molecule has 2 fully saturated rings. The molecule has 4 rings (SSSR count). The van der Waals surface area contributed by atoms with Gasteiger partial charge in [-0.25, -0.2) is 0 Å². The first-order chi connectivity index (χ1) is 14.7. The minimum atomic E-state index is -0.631. The summed E-state index contributed by atoms with van der Waals surface area (Å²) in [6, 6.07) is 20.9. The second kappa shape index (κ2) is 9.81. The largest absolute Gasteiger partial charge is 0.481 e. The van der Waals surface area contributed by atoms with Gasteiger partial charge in [-0.2, -0.15) is 0 Å². The second-order valence-electron chi connectivity index (χ2n) is 9.63. The van der Waals surface area contributed by atoms with Gasteiger partial charge in [-0.1, -0.05) is 99.2 Å². The highest BCUT2D eigenvalue weighted by Gasteiger charge is 2.53. The van der Waals surface area contributed by atoms with Crippen LogP contribution in [0, 0.1) is 17.3 Å². The monoisotopic (exact) mass is 404 g/mol. The van der Waals surface area contributed by atoms with Crippen LogP contribution in [0.2, 0.25) is 0 Å². The number of carboxylic acids is 1. The van der Waals surface area contributed by atoms with Gasteiger partial charge < -0.3 is 5.11 Å². The number of hydrogen-bond acceptors (Lipinski definition) is 1. The van der Waals surface area contributed by atoms with Crippen LogP contribution < -0.4 is 0 Å². The highest BCUT2D eigenvalue weighted by Crippen LogP contribution is 2.58. The number of carbonyl (C=O) groups is 1. The Morgan fingerprint density at radius 2 is 1.23 bits per heavy atom. The Balaban J connectivity index is 1.88. The molecule has 0 spiro atoms. The molecule has 0 radical (unpaired) electrons. The molecule has 0 saturated heterocycles. The van der Waals surface area contributed by atoms with Crippen LogP contribution >= 0.6 is 0 Å². The molecule has 30 heavy (non-hydrogen) atoms. The maximum Gasteiger partial charge on any atom is 0.311 e. The highest BCUT2D eigenvalue weighted by atomic mass is 16.4. The molecule has 2 aliphatic rings. The van der Waals surface area contributed by atoms with Gasteiger partial charge in [0.2, 0.25) is 0 Å². The summed E-state index contributed by atoms with van der Waals surface area (Å²) in [5.41, 5.74) is 2.09. The maximum absolute atomic E-state index is 13.0. The number of benzene rings is 2. The van der Waals surface area contributed by atoms with Gasteiger partial charge in [0, 0.05) is 0 Å². The van der Waals surface area contributed by atoms with Crippen molar-refractivity contribution in [3.8, 4) is 0 Å².